The predicted octanol–water partition coefficient (Wildman–Crippen LogP) is 3.23. The van der Waals surface area contributed by atoms with Crippen LogP contribution >= 0.6 is 0 Å². The summed E-state index contributed by atoms with van der Waals surface area (Å²) in [6.45, 7) is 9.68. The highest BCUT2D eigenvalue weighted by atomic mass is 16.5. The number of piperidine rings is 1. The molecule has 0 amide bonds. The Kier molecular flexibility index (Phi) is 3.60. The zero-order valence-electron chi connectivity index (χ0n) is 13.3. The van der Waals surface area contributed by atoms with E-state index < -0.39 is 0 Å². The van der Waals surface area contributed by atoms with Crippen molar-refractivity contribution in [3.63, 3.8) is 0 Å². The van der Waals surface area contributed by atoms with Crippen LogP contribution in [0.4, 0.5) is 0 Å². The minimum atomic E-state index is 0.00137. The Labute approximate surface area is 123 Å². The normalized spacial score (nSPS) is 40.0. The van der Waals surface area contributed by atoms with Crippen molar-refractivity contribution in [1.29, 1.82) is 0 Å². The van der Waals surface area contributed by atoms with Crippen molar-refractivity contribution in [2.45, 2.75) is 65.4 Å². The Morgan fingerprint density at radius 3 is 2.45 bits per heavy atom. The number of ether oxygens (including phenoxy) is 1. The highest BCUT2D eigenvalue weighted by molar-refractivity contribution is 5.72. The quantitative estimate of drug-likeness (QED) is 0.743. The second kappa shape index (κ2) is 5.01. The summed E-state index contributed by atoms with van der Waals surface area (Å²) >= 11 is 0. The molecule has 3 nitrogen and oxygen atoms in total. The van der Waals surface area contributed by atoms with Gasteiger partial charge in [0.25, 0.3) is 0 Å². The van der Waals surface area contributed by atoms with Crippen molar-refractivity contribution >= 4 is 5.97 Å². The zero-order valence-corrected chi connectivity index (χ0v) is 13.3. The number of esters is 1. The summed E-state index contributed by atoms with van der Waals surface area (Å²) in [5.41, 5.74) is 0.512. The maximum absolute atomic E-state index is 12.2. The second-order valence-corrected chi connectivity index (χ2v) is 7.93. The summed E-state index contributed by atoms with van der Waals surface area (Å²) in [6.07, 6.45) is 7.51. The van der Waals surface area contributed by atoms with Crippen molar-refractivity contribution in [2.75, 3.05) is 19.6 Å². The van der Waals surface area contributed by atoms with Crippen LogP contribution in [0, 0.1) is 16.7 Å². The number of nitrogens with zero attached hydrogens (tertiary/aromatic N) is 1. The standard InChI is InChI=1S/C17H29NO2/c1-16(2)13-7-8-17(16,3)14(11-13)20-15(19)12-18-9-5-4-6-10-18/h13-14H,4-12H2,1-3H3/t13-,14+,17+/m0/s1. The maximum Gasteiger partial charge on any atom is 0.320 e. The molecule has 3 atom stereocenters. The Morgan fingerprint density at radius 1 is 1.20 bits per heavy atom. The van der Waals surface area contributed by atoms with Gasteiger partial charge in [0.1, 0.15) is 6.10 Å². The number of carbonyl (C=O) groups is 1. The van der Waals surface area contributed by atoms with Crippen molar-refractivity contribution in [1.82, 2.24) is 4.90 Å². The van der Waals surface area contributed by atoms with E-state index in [0.717, 1.165) is 25.4 Å². The highest BCUT2D eigenvalue weighted by Crippen LogP contribution is 2.66. The molecule has 3 heteroatoms. The van der Waals surface area contributed by atoms with E-state index in [0.29, 0.717) is 12.0 Å². The van der Waals surface area contributed by atoms with E-state index in [9.17, 15) is 4.79 Å². The molecule has 2 saturated carbocycles. The third-order valence-electron chi connectivity index (χ3n) is 6.79. The molecule has 0 aromatic heterocycles. The smallest absolute Gasteiger partial charge is 0.320 e. The summed E-state index contributed by atoms with van der Waals surface area (Å²) in [5, 5.41) is 0. The minimum Gasteiger partial charge on any atom is -0.461 e. The number of hydrogen-bond donors (Lipinski definition) is 0. The zero-order chi connectivity index (χ0) is 14.4. The number of carbonyl (C=O) groups excluding carboxylic acids is 1. The van der Waals surface area contributed by atoms with E-state index in [-0.39, 0.29) is 17.5 Å². The van der Waals surface area contributed by atoms with E-state index in [1.807, 2.05) is 0 Å². The van der Waals surface area contributed by atoms with Gasteiger partial charge in [-0.05, 0) is 56.5 Å². The molecule has 0 spiro atoms. The SMILES string of the molecule is CC1(C)[C@H]2CC[C@]1(C)[C@H](OC(=O)CN1CCCCC1)C2. The van der Waals surface area contributed by atoms with Crippen molar-refractivity contribution in [3.8, 4) is 0 Å². The van der Waals surface area contributed by atoms with E-state index >= 15 is 0 Å². The lowest BCUT2D eigenvalue weighted by atomic mass is 9.70. The second-order valence-electron chi connectivity index (χ2n) is 7.93. The Hall–Kier alpha value is -0.570. The third-order valence-corrected chi connectivity index (χ3v) is 6.79. The fourth-order valence-electron chi connectivity index (χ4n) is 4.80. The lowest BCUT2D eigenvalue weighted by Gasteiger charge is -2.38. The maximum atomic E-state index is 12.2. The van der Waals surface area contributed by atoms with Crippen LogP contribution in [-0.2, 0) is 9.53 Å². The van der Waals surface area contributed by atoms with Crippen LogP contribution in [0.25, 0.3) is 0 Å². The van der Waals surface area contributed by atoms with Gasteiger partial charge >= 0.3 is 5.97 Å². The predicted molar refractivity (Wildman–Crippen MR) is 79.4 cm³/mol. The van der Waals surface area contributed by atoms with Gasteiger partial charge in [0.2, 0.25) is 0 Å². The average molecular weight is 279 g/mol. The molecule has 1 aliphatic heterocycles. The molecule has 1 saturated heterocycles. The molecule has 0 aromatic carbocycles. The van der Waals surface area contributed by atoms with Crippen LogP contribution in [0.2, 0.25) is 0 Å². The van der Waals surface area contributed by atoms with Gasteiger partial charge in [0.15, 0.2) is 0 Å². The van der Waals surface area contributed by atoms with Crippen LogP contribution in [0.15, 0.2) is 0 Å². The van der Waals surface area contributed by atoms with Gasteiger partial charge in [-0.1, -0.05) is 27.2 Å². The first-order valence-electron chi connectivity index (χ1n) is 8.35. The van der Waals surface area contributed by atoms with Crippen LogP contribution in [0.5, 0.6) is 0 Å². The third kappa shape index (κ3) is 2.18. The molecule has 0 N–H and O–H groups in total. The molecule has 2 aliphatic carbocycles. The van der Waals surface area contributed by atoms with Gasteiger partial charge < -0.3 is 4.74 Å². The Balaban J connectivity index is 1.57. The van der Waals surface area contributed by atoms with Gasteiger partial charge in [-0.25, -0.2) is 0 Å². The van der Waals surface area contributed by atoms with Gasteiger partial charge in [-0.15, -0.1) is 0 Å². The average Bonchev–Trinajstić information content (AvgIpc) is 2.73. The van der Waals surface area contributed by atoms with E-state index in [4.69, 9.17) is 4.74 Å². The number of rotatable bonds is 3. The fourth-order valence-corrected chi connectivity index (χ4v) is 4.80. The van der Waals surface area contributed by atoms with Gasteiger partial charge in [-0.3, -0.25) is 9.69 Å². The van der Waals surface area contributed by atoms with Crippen molar-refractivity contribution in [3.05, 3.63) is 0 Å². The van der Waals surface area contributed by atoms with Crippen LogP contribution in [-0.4, -0.2) is 36.6 Å². The van der Waals surface area contributed by atoms with Gasteiger partial charge in [0.05, 0.1) is 6.54 Å². The summed E-state index contributed by atoms with van der Waals surface area (Å²) < 4.78 is 5.91. The lowest BCUT2D eigenvalue weighted by Crippen LogP contribution is -2.41. The summed E-state index contributed by atoms with van der Waals surface area (Å²) in [6, 6.07) is 0. The first-order valence-corrected chi connectivity index (χ1v) is 8.35. The largest absolute Gasteiger partial charge is 0.461 e. The molecular formula is C17H29NO2. The molecule has 0 radical (unpaired) electrons. The monoisotopic (exact) mass is 279 g/mol. The van der Waals surface area contributed by atoms with E-state index in [2.05, 4.69) is 25.7 Å². The molecule has 0 unspecified atom stereocenters. The first-order chi connectivity index (χ1) is 9.43. The number of hydrogen-bond acceptors (Lipinski definition) is 3. The molecule has 3 fully saturated rings. The molecule has 114 valence electrons. The number of likely N-dealkylation sites (tertiary alicyclic amines) is 1. The molecule has 3 rings (SSSR count). The molecular weight excluding hydrogens is 250 g/mol. The molecule has 0 aromatic rings. The minimum absolute atomic E-state index is 0.00137. The molecule has 3 aliphatic rings. The van der Waals surface area contributed by atoms with Crippen LogP contribution < -0.4 is 0 Å². The highest BCUT2D eigenvalue weighted by Gasteiger charge is 2.62. The van der Waals surface area contributed by atoms with Crippen molar-refractivity contribution in [2.24, 2.45) is 16.7 Å². The fraction of sp³-hybridized carbons (Fsp3) is 0.941. The van der Waals surface area contributed by atoms with E-state index in [1.165, 1.54) is 32.1 Å². The lowest BCUT2D eigenvalue weighted by molar-refractivity contribution is -0.158. The van der Waals surface area contributed by atoms with Gasteiger partial charge in [-0.2, -0.15) is 0 Å². The molecule has 20 heavy (non-hydrogen) atoms. The summed E-state index contributed by atoms with van der Waals surface area (Å²) in [5.74, 6) is 0.738. The summed E-state index contributed by atoms with van der Waals surface area (Å²) in [7, 11) is 0. The van der Waals surface area contributed by atoms with Crippen LogP contribution in [0.1, 0.15) is 59.3 Å². The molecule has 1 heterocycles. The molecule has 2 bridgehead atoms. The summed E-state index contributed by atoms with van der Waals surface area (Å²) in [4.78, 5) is 14.5. The van der Waals surface area contributed by atoms with Crippen molar-refractivity contribution < 1.29 is 9.53 Å². The topological polar surface area (TPSA) is 29.5 Å². The first kappa shape index (κ1) is 14.4. The van der Waals surface area contributed by atoms with Gasteiger partial charge in [0, 0.05) is 5.41 Å². The number of fused-ring (bicyclic) bond motifs is 2. The van der Waals surface area contributed by atoms with E-state index in [1.54, 1.807) is 0 Å². The Morgan fingerprint density at radius 2 is 1.90 bits per heavy atom. The Bertz CT molecular complexity index is 386. The van der Waals surface area contributed by atoms with Crippen LogP contribution in [0.3, 0.4) is 0 Å².